The van der Waals surface area contributed by atoms with Crippen LogP contribution in [0.5, 0.6) is 0 Å². The van der Waals surface area contributed by atoms with Gasteiger partial charge in [-0.05, 0) is 37.1 Å². The molecule has 31 heavy (non-hydrogen) atoms. The lowest BCUT2D eigenvalue weighted by Gasteiger charge is -2.07. The molecule has 0 saturated carbocycles. The topological polar surface area (TPSA) is 89.5 Å². The van der Waals surface area contributed by atoms with Crippen LogP contribution in [0.4, 0.5) is 5.69 Å². The van der Waals surface area contributed by atoms with E-state index < -0.39 is 15.8 Å². The Labute approximate surface area is 185 Å². The number of ether oxygens (including phenoxy) is 1. The van der Waals surface area contributed by atoms with Crippen LogP contribution in [-0.4, -0.2) is 33.2 Å². The Morgan fingerprint density at radius 2 is 1.71 bits per heavy atom. The summed E-state index contributed by atoms with van der Waals surface area (Å²) in [6, 6.07) is 17.9. The smallest absolute Gasteiger partial charge is 0.350 e. The van der Waals surface area contributed by atoms with E-state index >= 15 is 0 Å². The SMILES string of the molecule is COC(=O)c1sc(-c2ccccc2)cc1NC(=O)CCCS(=O)(=O)c1ccc(C)cc1. The minimum absolute atomic E-state index is 0.0161. The molecule has 0 aliphatic rings. The Balaban J connectivity index is 1.66. The van der Waals surface area contributed by atoms with Gasteiger partial charge < -0.3 is 10.1 Å². The summed E-state index contributed by atoms with van der Waals surface area (Å²) in [4.78, 5) is 25.9. The normalized spacial score (nSPS) is 11.2. The zero-order chi connectivity index (χ0) is 22.4. The number of carbonyl (C=O) groups is 2. The maximum atomic E-state index is 12.4. The predicted molar refractivity (Wildman–Crippen MR) is 122 cm³/mol. The lowest BCUT2D eigenvalue weighted by molar-refractivity contribution is -0.116. The number of thiophene rings is 1. The number of carbonyl (C=O) groups excluding carboxylic acids is 2. The summed E-state index contributed by atoms with van der Waals surface area (Å²) in [5.74, 6) is -1.03. The first-order chi connectivity index (χ1) is 14.8. The molecule has 0 unspecified atom stereocenters. The van der Waals surface area contributed by atoms with E-state index in [0.29, 0.717) is 10.6 Å². The molecule has 0 saturated heterocycles. The third-order valence-corrected chi connectivity index (χ3v) is 7.61. The van der Waals surface area contributed by atoms with Crippen molar-refractivity contribution in [1.82, 2.24) is 0 Å². The Morgan fingerprint density at radius 1 is 1.03 bits per heavy atom. The molecule has 0 aliphatic carbocycles. The van der Waals surface area contributed by atoms with Crippen LogP contribution < -0.4 is 5.32 Å². The molecule has 1 N–H and O–H groups in total. The standard InChI is InChI=1S/C23H23NO5S2/c1-16-10-12-18(13-11-16)31(27,28)14-6-9-21(25)24-19-15-20(17-7-4-3-5-8-17)30-22(19)23(26)29-2/h3-5,7-8,10-13,15H,6,9,14H2,1-2H3,(H,24,25). The number of anilines is 1. The molecule has 8 heteroatoms. The van der Waals surface area contributed by atoms with Gasteiger partial charge in [0.25, 0.3) is 0 Å². The van der Waals surface area contributed by atoms with E-state index in [0.717, 1.165) is 16.0 Å². The second kappa shape index (κ2) is 9.89. The van der Waals surface area contributed by atoms with Crippen LogP contribution in [-0.2, 0) is 19.4 Å². The zero-order valence-corrected chi connectivity index (χ0v) is 18.9. The Morgan fingerprint density at radius 3 is 2.35 bits per heavy atom. The summed E-state index contributed by atoms with van der Waals surface area (Å²) in [6.07, 6.45) is 0.188. The van der Waals surface area contributed by atoms with Gasteiger partial charge in [0, 0.05) is 11.3 Å². The highest BCUT2D eigenvalue weighted by Gasteiger charge is 2.20. The minimum Gasteiger partial charge on any atom is -0.465 e. The van der Waals surface area contributed by atoms with Gasteiger partial charge in [-0.3, -0.25) is 4.79 Å². The van der Waals surface area contributed by atoms with Crippen LogP contribution >= 0.6 is 11.3 Å². The zero-order valence-electron chi connectivity index (χ0n) is 17.3. The third kappa shape index (κ3) is 5.80. The highest BCUT2D eigenvalue weighted by molar-refractivity contribution is 7.91. The molecule has 162 valence electrons. The first-order valence-corrected chi connectivity index (χ1v) is 12.1. The summed E-state index contributed by atoms with van der Waals surface area (Å²) in [5.41, 5.74) is 2.26. The Kier molecular flexibility index (Phi) is 7.25. The van der Waals surface area contributed by atoms with E-state index in [2.05, 4.69) is 5.32 Å². The molecule has 6 nitrogen and oxygen atoms in total. The molecule has 1 heterocycles. The van der Waals surface area contributed by atoms with Crippen molar-refractivity contribution >= 4 is 38.7 Å². The van der Waals surface area contributed by atoms with E-state index in [9.17, 15) is 18.0 Å². The predicted octanol–water partition coefficient (Wildman–Crippen LogP) is 4.70. The van der Waals surface area contributed by atoms with E-state index in [-0.39, 0.29) is 29.4 Å². The number of esters is 1. The van der Waals surface area contributed by atoms with Gasteiger partial charge in [-0.1, -0.05) is 48.0 Å². The van der Waals surface area contributed by atoms with Gasteiger partial charge in [0.05, 0.1) is 23.4 Å². The molecule has 0 aliphatic heterocycles. The fourth-order valence-corrected chi connectivity index (χ4v) is 5.32. The number of methoxy groups -OCH3 is 1. The fourth-order valence-electron chi connectivity index (χ4n) is 2.97. The lowest BCUT2D eigenvalue weighted by atomic mass is 10.2. The van der Waals surface area contributed by atoms with Gasteiger partial charge >= 0.3 is 5.97 Å². The monoisotopic (exact) mass is 457 g/mol. The van der Waals surface area contributed by atoms with Gasteiger partial charge in [-0.25, -0.2) is 13.2 Å². The summed E-state index contributed by atoms with van der Waals surface area (Å²) < 4.78 is 29.7. The van der Waals surface area contributed by atoms with Crippen LogP contribution in [0.15, 0.2) is 65.6 Å². The van der Waals surface area contributed by atoms with Crippen molar-refractivity contribution in [2.75, 3.05) is 18.2 Å². The maximum Gasteiger partial charge on any atom is 0.350 e. The highest BCUT2D eigenvalue weighted by atomic mass is 32.2. The number of sulfone groups is 1. The molecule has 0 spiro atoms. The first-order valence-electron chi connectivity index (χ1n) is 9.67. The van der Waals surface area contributed by atoms with Gasteiger partial charge in [0.2, 0.25) is 5.91 Å². The number of hydrogen-bond acceptors (Lipinski definition) is 6. The van der Waals surface area contributed by atoms with Crippen molar-refractivity contribution in [1.29, 1.82) is 0 Å². The molecule has 3 aromatic rings. The lowest BCUT2D eigenvalue weighted by Crippen LogP contribution is -2.15. The summed E-state index contributed by atoms with van der Waals surface area (Å²) >= 11 is 1.23. The number of nitrogens with one attached hydrogen (secondary N) is 1. The molecule has 3 rings (SSSR count). The fraction of sp³-hybridized carbons (Fsp3) is 0.217. The Hall–Kier alpha value is -2.97. The third-order valence-electron chi connectivity index (χ3n) is 4.63. The minimum atomic E-state index is -3.46. The molecule has 1 amide bonds. The number of benzene rings is 2. The maximum absolute atomic E-state index is 12.4. The van der Waals surface area contributed by atoms with Gasteiger partial charge in [-0.2, -0.15) is 0 Å². The van der Waals surface area contributed by atoms with Crippen LogP contribution in [0.1, 0.15) is 28.1 Å². The second-order valence-electron chi connectivity index (χ2n) is 6.99. The van der Waals surface area contributed by atoms with E-state index in [1.54, 1.807) is 30.3 Å². The number of hydrogen-bond donors (Lipinski definition) is 1. The van der Waals surface area contributed by atoms with Crippen molar-refractivity contribution in [3.05, 3.63) is 71.1 Å². The van der Waals surface area contributed by atoms with E-state index in [1.165, 1.54) is 18.4 Å². The Bertz CT molecular complexity index is 1170. The average molecular weight is 458 g/mol. The van der Waals surface area contributed by atoms with Crippen LogP contribution in [0.3, 0.4) is 0 Å². The van der Waals surface area contributed by atoms with Crippen molar-refractivity contribution in [2.45, 2.75) is 24.7 Å². The van der Waals surface area contributed by atoms with Crippen LogP contribution in [0, 0.1) is 6.92 Å². The summed E-state index contributed by atoms with van der Waals surface area (Å²) in [7, 11) is -2.17. The first kappa shape index (κ1) is 22.7. The molecule has 2 aromatic carbocycles. The largest absolute Gasteiger partial charge is 0.465 e. The van der Waals surface area contributed by atoms with E-state index in [1.807, 2.05) is 37.3 Å². The second-order valence-corrected chi connectivity index (χ2v) is 10.2. The molecule has 0 radical (unpaired) electrons. The van der Waals surface area contributed by atoms with Crippen molar-refractivity contribution in [3.63, 3.8) is 0 Å². The highest BCUT2D eigenvalue weighted by Crippen LogP contribution is 2.35. The van der Waals surface area contributed by atoms with Crippen LogP contribution in [0.2, 0.25) is 0 Å². The van der Waals surface area contributed by atoms with Gasteiger partial charge in [-0.15, -0.1) is 11.3 Å². The van der Waals surface area contributed by atoms with Crippen molar-refractivity contribution in [2.24, 2.45) is 0 Å². The van der Waals surface area contributed by atoms with Crippen molar-refractivity contribution < 1.29 is 22.7 Å². The molecular formula is C23H23NO5S2. The molecular weight excluding hydrogens is 434 g/mol. The number of rotatable bonds is 8. The molecule has 1 aromatic heterocycles. The van der Waals surface area contributed by atoms with E-state index in [4.69, 9.17) is 4.74 Å². The average Bonchev–Trinajstić information content (AvgIpc) is 3.17. The van der Waals surface area contributed by atoms with Crippen molar-refractivity contribution in [3.8, 4) is 10.4 Å². The quantitative estimate of drug-likeness (QED) is 0.495. The molecule has 0 fully saturated rings. The van der Waals surface area contributed by atoms with Gasteiger partial charge in [0.15, 0.2) is 9.84 Å². The summed E-state index contributed by atoms with van der Waals surface area (Å²) in [5, 5.41) is 2.73. The van der Waals surface area contributed by atoms with Gasteiger partial charge in [0.1, 0.15) is 4.88 Å². The number of amides is 1. The molecule has 0 atom stereocenters. The number of aryl methyl sites for hydroxylation is 1. The molecule has 0 bridgehead atoms. The summed E-state index contributed by atoms with van der Waals surface area (Å²) in [6.45, 7) is 1.89. The van der Waals surface area contributed by atoms with Crippen LogP contribution in [0.25, 0.3) is 10.4 Å².